The average Bonchev–Trinajstić information content (AvgIpc) is 3.15. The van der Waals surface area contributed by atoms with E-state index in [1.165, 1.54) is 4.88 Å². The highest BCUT2D eigenvalue weighted by Crippen LogP contribution is 2.27. The van der Waals surface area contributed by atoms with Crippen molar-refractivity contribution in [3.63, 3.8) is 0 Å². The van der Waals surface area contributed by atoms with Gasteiger partial charge in [0.25, 0.3) is 5.91 Å². The Hall–Kier alpha value is -2.67. The predicted molar refractivity (Wildman–Crippen MR) is 93.3 cm³/mol. The van der Waals surface area contributed by atoms with Gasteiger partial charge in [-0.25, -0.2) is 4.98 Å². The Kier molecular flexibility index (Phi) is 4.61. The summed E-state index contributed by atoms with van der Waals surface area (Å²) < 4.78 is 0. The second-order valence-electron chi connectivity index (χ2n) is 5.44. The maximum Gasteiger partial charge on any atom is 0.269 e. The Labute approximate surface area is 143 Å². The number of phenols is 1. The molecule has 0 aliphatic carbocycles. The molecule has 3 aromatic rings. The van der Waals surface area contributed by atoms with E-state index >= 15 is 0 Å². The van der Waals surface area contributed by atoms with Crippen LogP contribution in [0.4, 0.5) is 0 Å². The SMILES string of the molecule is Cc1nc(CCNC(=O)c2cc(-c3ccccc3O)n[nH]2)sc1C. The number of hydrogen-bond acceptors (Lipinski definition) is 5. The van der Waals surface area contributed by atoms with Crippen molar-refractivity contribution in [2.75, 3.05) is 6.54 Å². The maximum atomic E-state index is 12.2. The third-order valence-corrected chi connectivity index (χ3v) is 4.83. The van der Waals surface area contributed by atoms with Gasteiger partial charge in [-0.05, 0) is 32.0 Å². The molecule has 0 bridgehead atoms. The minimum Gasteiger partial charge on any atom is -0.507 e. The minimum atomic E-state index is -0.228. The number of para-hydroxylation sites is 1. The zero-order valence-electron chi connectivity index (χ0n) is 13.5. The number of thiazole rings is 1. The van der Waals surface area contributed by atoms with E-state index in [9.17, 15) is 9.90 Å². The van der Waals surface area contributed by atoms with Crippen LogP contribution in [0.5, 0.6) is 5.75 Å². The van der Waals surface area contributed by atoms with Gasteiger partial charge in [-0.1, -0.05) is 12.1 Å². The Morgan fingerprint density at radius 1 is 1.33 bits per heavy atom. The van der Waals surface area contributed by atoms with Gasteiger partial charge in [0.05, 0.1) is 16.4 Å². The lowest BCUT2D eigenvalue weighted by Gasteiger charge is -2.01. The van der Waals surface area contributed by atoms with Crippen molar-refractivity contribution >= 4 is 17.2 Å². The zero-order chi connectivity index (χ0) is 17.1. The number of nitrogens with zero attached hydrogens (tertiary/aromatic N) is 2. The lowest BCUT2D eigenvalue weighted by Crippen LogP contribution is -2.26. The number of benzene rings is 1. The molecule has 0 radical (unpaired) electrons. The molecule has 0 spiro atoms. The molecule has 0 saturated carbocycles. The summed E-state index contributed by atoms with van der Waals surface area (Å²) in [7, 11) is 0. The third-order valence-electron chi connectivity index (χ3n) is 3.70. The highest BCUT2D eigenvalue weighted by molar-refractivity contribution is 7.11. The largest absolute Gasteiger partial charge is 0.507 e. The number of aromatic nitrogens is 3. The van der Waals surface area contributed by atoms with E-state index in [1.807, 2.05) is 19.9 Å². The number of H-pyrrole nitrogens is 1. The summed E-state index contributed by atoms with van der Waals surface area (Å²) in [5.74, 6) is -0.0976. The molecule has 7 heteroatoms. The lowest BCUT2D eigenvalue weighted by molar-refractivity contribution is 0.0949. The van der Waals surface area contributed by atoms with Crippen LogP contribution in [0, 0.1) is 13.8 Å². The standard InChI is InChI=1S/C17H18N4O2S/c1-10-11(2)24-16(19-10)7-8-18-17(23)14-9-13(20-21-14)12-5-3-4-6-15(12)22/h3-6,9,22H,7-8H2,1-2H3,(H,18,23)(H,20,21). The minimum absolute atomic E-state index is 0.130. The molecule has 0 aliphatic heterocycles. The van der Waals surface area contributed by atoms with Crippen molar-refractivity contribution in [2.24, 2.45) is 0 Å². The van der Waals surface area contributed by atoms with E-state index in [0.717, 1.165) is 10.7 Å². The van der Waals surface area contributed by atoms with E-state index < -0.39 is 0 Å². The summed E-state index contributed by atoms with van der Waals surface area (Å²) >= 11 is 1.65. The van der Waals surface area contributed by atoms with Crippen LogP contribution in [-0.4, -0.2) is 32.7 Å². The van der Waals surface area contributed by atoms with E-state index in [2.05, 4.69) is 20.5 Å². The van der Waals surface area contributed by atoms with Gasteiger partial charge in [0.2, 0.25) is 0 Å². The van der Waals surface area contributed by atoms with Crippen LogP contribution in [0.25, 0.3) is 11.3 Å². The fourth-order valence-corrected chi connectivity index (χ4v) is 3.22. The van der Waals surface area contributed by atoms with Crippen LogP contribution < -0.4 is 5.32 Å². The van der Waals surface area contributed by atoms with Crippen LogP contribution in [0.3, 0.4) is 0 Å². The first kappa shape index (κ1) is 16.2. The van der Waals surface area contributed by atoms with Gasteiger partial charge in [-0.3, -0.25) is 9.89 Å². The maximum absolute atomic E-state index is 12.2. The summed E-state index contributed by atoms with van der Waals surface area (Å²) in [6.07, 6.45) is 0.700. The first-order valence-electron chi connectivity index (χ1n) is 7.59. The summed E-state index contributed by atoms with van der Waals surface area (Å²) in [6.45, 7) is 4.54. The van der Waals surface area contributed by atoms with Crippen molar-refractivity contribution in [3.8, 4) is 17.0 Å². The number of nitrogens with one attached hydrogen (secondary N) is 2. The second-order valence-corrected chi connectivity index (χ2v) is 6.73. The van der Waals surface area contributed by atoms with Gasteiger partial charge in [0.1, 0.15) is 11.4 Å². The Bertz CT molecular complexity index is 850. The summed E-state index contributed by atoms with van der Waals surface area (Å²) in [5, 5.41) is 20.5. The molecule has 1 aromatic carbocycles. The molecule has 0 aliphatic rings. The highest BCUT2D eigenvalue weighted by Gasteiger charge is 2.13. The van der Waals surface area contributed by atoms with Gasteiger partial charge < -0.3 is 10.4 Å². The zero-order valence-corrected chi connectivity index (χ0v) is 14.3. The normalized spacial score (nSPS) is 10.8. The van der Waals surface area contributed by atoms with Gasteiger partial charge in [-0.2, -0.15) is 5.10 Å². The van der Waals surface area contributed by atoms with Gasteiger partial charge >= 0.3 is 0 Å². The summed E-state index contributed by atoms with van der Waals surface area (Å²) in [4.78, 5) is 17.8. The number of carbonyl (C=O) groups is 1. The smallest absolute Gasteiger partial charge is 0.269 e. The topological polar surface area (TPSA) is 90.9 Å². The number of aromatic hydroxyl groups is 1. The number of carbonyl (C=O) groups excluding carboxylic acids is 1. The fourth-order valence-electron chi connectivity index (χ4n) is 2.29. The molecule has 24 heavy (non-hydrogen) atoms. The van der Waals surface area contributed by atoms with Crippen molar-refractivity contribution in [3.05, 3.63) is 51.6 Å². The van der Waals surface area contributed by atoms with Gasteiger partial charge in [0.15, 0.2) is 0 Å². The average molecular weight is 342 g/mol. The molecule has 0 atom stereocenters. The molecule has 3 rings (SSSR count). The number of rotatable bonds is 5. The summed E-state index contributed by atoms with van der Waals surface area (Å²) in [6, 6.07) is 8.51. The fraction of sp³-hybridized carbons (Fsp3) is 0.235. The Balaban J connectivity index is 1.61. The predicted octanol–water partition coefficient (Wildman–Crippen LogP) is 2.83. The van der Waals surface area contributed by atoms with Crippen molar-refractivity contribution < 1.29 is 9.90 Å². The van der Waals surface area contributed by atoms with Crippen molar-refractivity contribution in [2.45, 2.75) is 20.3 Å². The summed E-state index contributed by atoms with van der Waals surface area (Å²) in [5.41, 5.74) is 2.52. The number of phenolic OH excluding ortho intramolecular Hbond substituents is 1. The molecule has 0 unspecified atom stereocenters. The van der Waals surface area contributed by atoms with E-state index in [-0.39, 0.29) is 11.7 Å². The number of aryl methyl sites for hydroxylation is 2. The van der Waals surface area contributed by atoms with Crippen LogP contribution >= 0.6 is 11.3 Å². The lowest BCUT2D eigenvalue weighted by atomic mass is 10.1. The van der Waals surface area contributed by atoms with Gasteiger partial charge in [-0.15, -0.1) is 11.3 Å². The monoisotopic (exact) mass is 342 g/mol. The molecule has 6 nitrogen and oxygen atoms in total. The van der Waals surface area contributed by atoms with Crippen LogP contribution in [0.2, 0.25) is 0 Å². The third kappa shape index (κ3) is 3.46. The van der Waals surface area contributed by atoms with Crippen molar-refractivity contribution in [1.29, 1.82) is 0 Å². The molecule has 2 heterocycles. The molecule has 1 amide bonds. The highest BCUT2D eigenvalue weighted by atomic mass is 32.1. The van der Waals surface area contributed by atoms with Crippen LogP contribution in [0.1, 0.15) is 26.1 Å². The molecule has 0 fully saturated rings. The van der Waals surface area contributed by atoms with Crippen LogP contribution in [0.15, 0.2) is 30.3 Å². The van der Waals surface area contributed by atoms with Crippen molar-refractivity contribution in [1.82, 2.24) is 20.5 Å². The number of aromatic amines is 1. The second kappa shape index (κ2) is 6.84. The number of hydrogen-bond donors (Lipinski definition) is 3. The van der Waals surface area contributed by atoms with Gasteiger partial charge in [0, 0.05) is 23.4 Å². The Morgan fingerprint density at radius 3 is 2.83 bits per heavy atom. The molecular weight excluding hydrogens is 324 g/mol. The molecule has 3 N–H and O–H groups in total. The molecule has 0 saturated heterocycles. The quantitative estimate of drug-likeness (QED) is 0.665. The molecular formula is C17H18N4O2S. The molecule has 2 aromatic heterocycles. The van der Waals surface area contributed by atoms with Crippen LogP contribution in [-0.2, 0) is 6.42 Å². The van der Waals surface area contributed by atoms with E-state index in [4.69, 9.17) is 0 Å². The number of amides is 1. The Morgan fingerprint density at radius 2 is 2.12 bits per heavy atom. The van der Waals surface area contributed by atoms with E-state index in [1.54, 1.807) is 35.6 Å². The van der Waals surface area contributed by atoms with E-state index in [0.29, 0.717) is 29.9 Å². The first-order chi connectivity index (χ1) is 11.5. The first-order valence-corrected chi connectivity index (χ1v) is 8.41. The molecule has 124 valence electrons.